The van der Waals surface area contributed by atoms with E-state index in [1.54, 1.807) is 7.11 Å². The van der Waals surface area contributed by atoms with Crippen LogP contribution in [0, 0.1) is 0 Å². The second kappa shape index (κ2) is 9.23. The van der Waals surface area contributed by atoms with Crippen molar-refractivity contribution in [2.24, 2.45) is 0 Å². The number of benzene rings is 1. The van der Waals surface area contributed by atoms with Crippen LogP contribution < -0.4 is 10.6 Å². The number of hydrogen-bond acceptors (Lipinski definition) is 3. The molecule has 0 fully saturated rings. The molecule has 0 aliphatic heterocycles. The summed E-state index contributed by atoms with van der Waals surface area (Å²) in [6, 6.07) is 8.22. The minimum absolute atomic E-state index is 0.0964. The second-order valence-electron chi connectivity index (χ2n) is 5.31. The topological polar surface area (TPSA) is 66.2 Å². The van der Waals surface area contributed by atoms with Gasteiger partial charge in [0.1, 0.15) is 0 Å². The van der Waals surface area contributed by atoms with Gasteiger partial charge in [0.2, 0.25) is 5.91 Å². The number of para-hydroxylation sites is 1. The van der Waals surface area contributed by atoms with Crippen LogP contribution in [0.1, 0.15) is 18.4 Å². The third-order valence-corrected chi connectivity index (χ3v) is 3.62. The van der Waals surface area contributed by atoms with Crippen LogP contribution in [-0.4, -0.2) is 44.2 Å². The van der Waals surface area contributed by atoms with Crippen molar-refractivity contribution in [3.8, 4) is 0 Å². The largest absolute Gasteiger partial charge is 0.385 e. The van der Waals surface area contributed by atoms with Gasteiger partial charge < -0.3 is 20.4 Å². The van der Waals surface area contributed by atoms with E-state index in [2.05, 4.69) is 27.8 Å². The minimum atomic E-state index is 0.0964. The monoisotopic (exact) mass is 303 g/mol. The van der Waals surface area contributed by atoms with E-state index in [0.29, 0.717) is 19.5 Å². The summed E-state index contributed by atoms with van der Waals surface area (Å²) in [5, 5.41) is 7.44. The molecule has 0 aliphatic rings. The summed E-state index contributed by atoms with van der Waals surface area (Å²) in [6.07, 6.45) is 4.35. The molecule has 2 aromatic rings. The van der Waals surface area contributed by atoms with E-state index in [-0.39, 0.29) is 5.91 Å². The van der Waals surface area contributed by atoms with E-state index in [1.165, 1.54) is 10.9 Å². The van der Waals surface area contributed by atoms with Crippen LogP contribution >= 0.6 is 0 Å². The summed E-state index contributed by atoms with van der Waals surface area (Å²) in [4.78, 5) is 15.0. The van der Waals surface area contributed by atoms with Gasteiger partial charge in [0.05, 0.1) is 0 Å². The fraction of sp³-hybridized carbons (Fsp3) is 0.471. The van der Waals surface area contributed by atoms with E-state index in [1.807, 2.05) is 18.3 Å². The third-order valence-electron chi connectivity index (χ3n) is 3.62. The van der Waals surface area contributed by atoms with E-state index < -0.39 is 0 Å². The summed E-state index contributed by atoms with van der Waals surface area (Å²) in [6.45, 7) is 3.02. The molecule has 0 radical (unpaired) electrons. The molecule has 0 saturated heterocycles. The Hall–Kier alpha value is -1.85. The number of rotatable bonds is 10. The fourth-order valence-electron chi connectivity index (χ4n) is 2.43. The van der Waals surface area contributed by atoms with Crippen molar-refractivity contribution >= 4 is 16.8 Å². The molecular formula is C17H25N3O2. The van der Waals surface area contributed by atoms with Crippen LogP contribution in [0.3, 0.4) is 0 Å². The Morgan fingerprint density at radius 1 is 1.23 bits per heavy atom. The molecule has 5 heteroatoms. The zero-order chi connectivity index (χ0) is 15.6. The smallest absolute Gasteiger partial charge is 0.221 e. The first-order chi connectivity index (χ1) is 10.8. The minimum Gasteiger partial charge on any atom is -0.385 e. The molecule has 0 saturated carbocycles. The molecule has 1 heterocycles. The standard InChI is InChI=1S/C17H25N3O2/c1-22-12-4-9-18-10-8-17(21)19-11-7-14-13-20-16-6-3-2-5-15(14)16/h2-3,5-6,13,18,20H,4,7-12H2,1H3,(H,19,21). The van der Waals surface area contributed by atoms with Gasteiger partial charge in [-0.15, -0.1) is 0 Å². The van der Waals surface area contributed by atoms with Gasteiger partial charge in [-0.1, -0.05) is 18.2 Å². The van der Waals surface area contributed by atoms with Crippen LogP contribution in [0.4, 0.5) is 0 Å². The van der Waals surface area contributed by atoms with E-state index in [0.717, 1.165) is 31.5 Å². The molecule has 1 aromatic heterocycles. The SMILES string of the molecule is COCCCNCCC(=O)NCCc1c[nH]c2ccccc12. The van der Waals surface area contributed by atoms with Gasteiger partial charge in [-0.3, -0.25) is 4.79 Å². The number of nitrogens with one attached hydrogen (secondary N) is 3. The van der Waals surface area contributed by atoms with Crippen LogP contribution in [0.15, 0.2) is 30.5 Å². The normalized spacial score (nSPS) is 11.0. The molecule has 0 unspecified atom stereocenters. The Labute approximate surface area is 131 Å². The molecule has 0 atom stereocenters. The van der Waals surface area contributed by atoms with Gasteiger partial charge in [-0.05, 0) is 31.0 Å². The van der Waals surface area contributed by atoms with Crippen LogP contribution in [-0.2, 0) is 16.0 Å². The lowest BCUT2D eigenvalue weighted by Crippen LogP contribution is -2.29. The summed E-state index contributed by atoms with van der Waals surface area (Å²) < 4.78 is 4.97. The van der Waals surface area contributed by atoms with E-state index >= 15 is 0 Å². The average molecular weight is 303 g/mol. The molecule has 120 valence electrons. The Kier molecular flexibility index (Phi) is 6.93. The highest BCUT2D eigenvalue weighted by molar-refractivity contribution is 5.83. The maximum absolute atomic E-state index is 11.7. The molecule has 22 heavy (non-hydrogen) atoms. The van der Waals surface area contributed by atoms with Gasteiger partial charge in [-0.25, -0.2) is 0 Å². The molecule has 1 amide bonds. The number of carbonyl (C=O) groups excluding carboxylic acids is 1. The highest BCUT2D eigenvalue weighted by Gasteiger charge is 2.04. The lowest BCUT2D eigenvalue weighted by atomic mass is 10.1. The highest BCUT2D eigenvalue weighted by Crippen LogP contribution is 2.17. The van der Waals surface area contributed by atoms with E-state index in [4.69, 9.17) is 4.74 Å². The number of hydrogen-bond donors (Lipinski definition) is 3. The number of H-pyrrole nitrogens is 1. The highest BCUT2D eigenvalue weighted by atomic mass is 16.5. The maximum Gasteiger partial charge on any atom is 0.221 e. The number of methoxy groups -OCH3 is 1. The average Bonchev–Trinajstić information content (AvgIpc) is 2.94. The lowest BCUT2D eigenvalue weighted by molar-refractivity contribution is -0.120. The van der Waals surface area contributed by atoms with Crippen molar-refractivity contribution in [1.29, 1.82) is 0 Å². The van der Waals surface area contributed by atoms with Crippen LogP contribution in [0.5, 0.6) is 0 Å². The predicted octanol–water partition coefficient (Wildman–Crippen LogP) is 1.84. The van der Waals surface area contributed by atoms with Crippen molar-refractivity contribution in [2.45, 2.75) is 19.3 Å². The Morgan fingerprint density at radius 3 is 2.95 bits per heavy atom. The van der Waals surface area contributed by atoms with Gasteiger partial charge >= 0.3 is 0 Å². The number of aromatic nitrogens is 1. The van der Waals surface area contributed by atoms with Gasteiger partial charge in [0, 0.05) is 50.3 Å². The van der Waals surface area contributed by atoms with Crippen molar-refractivity contribution in [1.82, 2.24) is 15.6 Å². The van der Waals surface area contributed by atoms with Crippen molar-refractivity contribution < 1.29 is 9.53 Å². The third kappa shape index (κ3) is 5.16. The van der Waals surface area contributed by atoms with E-state index in [9.17, 15) is 4.79 Å². The molecule has 0 bridgehead atoms. The van der Waals surface area contributed by atoms with Gasteiger partial charge in [0.15, 0.2) is 0 Å². The van der Waals surface area contributed by atoms with Crippen molar-refractivity contribution in [2.75, 3.05) is 33.4 Å². The molecule has 1 aromatic carbocycles. The molecule has 2 rings (SSSR count). The maximum atomic E-state index is 11.7. The number of amides is 1. The number of ether oxygens (including phenoxy) is 1. The zero-order valence-electron chi connectivity index (χ0n) is 13.2. The number of fused-ring (bicyclic) bond motifs is 1. The summed E-state index contributed by atoms with van der Waals surface area (Å²) >= 11 is 0. The quantitative estimate of drug-likeness (QED) is 0.587. The summed E-state index contributed by atoms with van der Waals surface area (Å²) in [7, 11) is 1.70. The van der Waals surface area contributed by atoms with Gasteiger partial charge in [0.25, 0.3) is 0 Å². The Morgan fingerprint density at radius 2 is 2.09 bits per heavy atom. The second-order valence-corrected chi connectivity index (χ2v) is 5.31. The Bertz CT molecular complexity index is 580. The first kappa shape index (κ1) is 16.5. The number of aromatic amines is 1. The zero-order valence-corrected chi connectivity index (χ0v) is 13.2. The first-order valence-electron chi connectivity index (χ1n) is 7.82. The lowest BCUT2D eigenvalue weighted by Gasteiger charge is -2.06. The summed E-state index contributed by atoms with van der Waals surface area (Å²) in [5.41, 5.74) is 2.39. The molecule has 0 aliphatic carbocycles. The fourth-order valence-corrected chi connectivity index (χ4v) is 2.43. The molecule has 3 N–H and O–H groups in total. The molecule has 5 nitrogen and oxygen atoms in total. The predicted molar refractivity (Wildman–Crippen MR) is 89.0 cm³/mol. The summed E-state index contributed by atoms with van der Waals surface area (Å²) in [5.74, 6) is 0.0964. The Balaban J connectivity index is 1.61. The first-order valence-corrected chi connectivity index (χ1v) is 7.82. The number of carbonyl (C=O) groups is 1. The van der Waals surface area contributed by atoms with Crippen LogP contribution in [0.25, 0.3) is 10.9 Å². The van der Waals surface area contributed by atoms with Crippen LogP contribution in [0.2, 0.25) is 0 Å². The van der Waals surface area contributed by atoms with Gasteiger partial charge in [-0.2, -0.15) is 0 Å². The van der Waals surface area contributed by atoms with Crippen molar-refractivity contribution in [3.05, 3.63) is 36.0 Å². The molecular weight excluding hydrogens is 278 g/mol. The van der Waals surface area contributed by atoms with Crippen molar-refractivity contribution in [3.63, 3.8) is 0 Å². The molecule has 0 spiro atoms.